The molecule has 0 aromatic heterocycles. The number of hydrogen-bond donors (Lipinski definition) is 0. The summed E-state index contributed by atoms with van der Waals surface area (Å²) in [6, 6.07) is 19.5. The highest BCUT2D eigenvalue weighted by atomic mass is 19.2. The van der Waals surface area contributed by atoms with Crippen molar-refractivity contribution in [2.45, 2.75) is 173 Å². The molecule has 360 valence electrons. The summed E-state index contributed by atoms with van der Waals surface area (Å²) in [5, 5.41) is 0. The topological polar surface area (TPSA) is 0 Å². The van der Waals surface area contributed by atoms with Gasteiger partial charge in [0.1, 0.15) is 36.0 Å². The summed E-state index contributed by atoms with van der Waals surface area (Å²) in [5.41, 5.74) is 5.74. The molecule has 0 spiro atoms. The van der Waals surface area contributed by atoms with Gasteiger partial charge in [-0.3, -0.25) is 0 Å². The highest BCUT2D eigenvalue weighted by Gasteiger charge is 2.33. The van der Waals surface area contributed by atoms with E-state index >= 15 is 0 Å². The van der Waals surface area contributed by atoms with E-state index in [2.05, 4.69) is 58.9 Å². The van der Waals surface area contributed by atoms with Crippen LogP contribution in [0.1, 0.15) is 144 Å². The molecule has 64 heavy (non-hydrogen) atoms. The summed E-state index contributed by atoms with van der Waals surface area (Å²) in [6.07, 6.45) is 7.73. The first-order valence-corrected chi connectivity index (χ1v) is 23.3. The van der Waals surface area contributed by atoms with Gasteiger partial charge in [-0.2, -0.15) is 0 Å². The second-order valence-corrected chi connectivity index (χ2v) is 19.3. The summed E-state index contributed by atoms with van der Waals surface area (Å²) in [5.74, 6) is 0.289. The number of rotatable bonds is 0. The lowest BCUT2D eigenvalue weighted by Crippen LogP contribution is -2.32. The zero-order valence-electron chi connectivity index (χ0n) is 41.4. The third-order valence-electron chi connectivity index (χ3n) is 12.5. The van der Waals surface area contributed by atoms with Crippen LogP contribution in [0.3, 0.4) is 0 Å². The molecular formula is C56H80F8. The van der Waals surface area contributed by atoms with Crippen LogP contribution in [-0.4, -0.2) is 18.5 Å². The van der Waals surface area contributed by atoms with Gasteiger partial charge in [0.25, 0.3) is 0 Å². The molecule has 3 saturated carbocycles. The van der Waals surface area contributed by atoms with Crippen molar-refractivity contribution in [1.29, 1.82) is 0 Å². The average molecular weight is 905 g/mol. The molecule has 8 heteroatoms. The Hall–Kier alpha value is -3.68. The Kier molecular flexibility index (Phi) is 27.1. The minimum atomic E-state index is -0.918. The SMILES string of the molecule is CC1CC(F)C(C)C(F)C1.CC1CCC(C)C(F)C1.CC1CCC(C)CC1.Cc1cc(F)c(C)c(F)c1.Cc1ccc(C)c(F)c1.Cc1ccc(C)c(F)c1F.Cc1ccc(C)cc1. The van der Waals surface area contributed by atoms with Crippen molar-refractivity contribution < 1.29 is 35.1 Å². The van der Waals surface area contributed by atoms with Crippen molar-refractivity contribution >= 4 is 0 Å². The third kappa shape index (κ3) is 23.0. The molecule has 0 nitrogen and oxygen atoms in total. The van der Waals surface area contributed by atoms with Crippen LogP contribution in [0.15, 0.2) is 66.7 Å². The van der Waals surface area contributed by atoms with Gasteiger partial charge in [-0.15, -0.1) is 0 Å². The number of halogens is 8. The predicted molar refractivity (Wildman–Crippen MR) is 255 cm³/mol. The first kappa shape index (κ1) is 58.3. The summed E-state index contributed by atoms with van der Waals surface area (Å²) in [7, 11) is 0. The largest absolute Gasteiger partial charge is 0.247 e. The van der Waals surface area contributed by atoms with Crippen molar-refractivity contribution in [1.82, 2.24) is 0 Å². The maximum absolute atomic E-state index is 12.8. The minimum absolute atomic E-state index is 0.0885. The van der Waals surface area contributed by atoms with E-state index < -0.39 is 41.8 Å². The van der Waals surface area contributed by atoms with E-state index in [9.17, 15) is 35.1 Å². The zero-order valence-corrected chi connectivity index (χ0v) is 41.4. The smallest absolute Gasteiger partial charge is 0.161 e. The molecule has 4 aromatic carbocycles. The van der Waals surface area contributed by atoms with Gasteiger partial charge in [-0.25, -0.2) is 35.1 Å². The maximum atomic E-state index is 12.8. The van der Waals surface area contributed by atoms with Crippen LogP contribution in [-0.2, 0) is 0 Å². The Bertz CT molecular complexity index is 1800. The van der Waals surface area contributed by atoms with Crippen molar-refractivity contribution in [3.05, 3.63) is 140 Å². The van der Waals surface area contributed by atoms with Crippen LogP contribution in [0, 0.1) is 120 Å². The zero-order chi connectivity index (χ0) is 48.8. The van der Waals surface area contributed by atoms with Crippen LogP contribution in [0.25, 0.3) is 0 Å². The molecule has 0 N–H and O–H groups in total. The molecule has 0 heterocycles. The summed E-state index contributed by atoms with van der Waals surface area (Å²) in [4.78, 5) is 0. The van der Waals surface area contributed by atoms with Crippen molar-refractivity contribution in [3.63, 3.8) is 0 Å². The van der Waals surface area contributed by atoms with Crippen LogP contribution < -0.4 is 0 Å². The lowest BCUT2D eigenvalue weighted by atomic mass is 9.81. The maximum Gasteiger partial charge on any atom is 0.161 e. The van der Waals surface area contributed by atoms with E-state index in [-0.39, 0.29) is 23.2 Å². The molecule has 0 bridgehead atoms. The van der Waals surface area contributed by atoms with E-state index in [4.69, 9.17) is 0 Å². The van der Waals surface area contributed by atoms with E-state index in [1.165, 1.54) is 82.2 Å². The molecular weight excluding hydrogens is 825 g/mol. The first-order chi connectivity index (χ1) is 29.8. The van der Waals surface area contributed by atoms with Crippen LogP contribution in [0.5, 0.6) is 0 Å². The quantitative estimate of drug-likeness (QED) is 0.154. The van der Waals surface area contributed by atoms with E-state index in [1.807, 2.05) is 26.8 Å². The molecule has 3 aliphatic carbocycles. The highest BCUT2D eigenvalue weighted by Crippen LogP contribution is 2.33. The van der Waals surface area contributed by atoms with Crippen LogP contribution >= 0.6 is 0 Å². The fourth-order valence-corrected chi connectivity index (χ4v) is 7.26. The number of hydrogen-bond acceptors (Lipinski definition) is 0. The lowest BCUT2D eigenvalue weighted by molar-refractivity contribution is 0.0603. The standard InChI is InChI=1S/C8H14F2.2C8H8F2.C8H15F.C8H9F.C8H16.C8H10/c2*1-5-3-7(9)6(2)8(10)4-5;1-5-3-4-6(2)8(10)7(5)9;2*1-6-3-4-7(2)8(9)5-6;2*1-7-3-5-8(2)6-4-7/h5-8H,3-4H2,1-2H3;2*3-4H,1-2H3;6-8H,3-5H2,1-2H3;3-5H,1-2H3;7-8H,3-6H2,1-2H3;3-6H,1-2H3. The van der Waals surface area contributed by atoms with E-state index in [0.29, 0.717) is 46.9 Å². The molecule has 3 aliphatic rings. The third-order valence-corrected chi connectivity index (χ3v) is 12.5. The fourth-order valence-electron chi connectivity index (χ4n) is 7.26. The van der Waals surface area contributed by atoms with Gasteiger partial charge >= 0.3 is 0 Å². The van der Waals surface area contributed by atoms with Crippen molar-refractivity contribution in [3.8, 4) is 0 Å². The van der Waals surface area contributed by atoms with Gasteiger partial charge in [0.15, 0.2) is 11.6 Å². The second kappa shape index (κ2) is 29.8. The molecule has 0 aliphatic heterocycles. The second-order valence-electron chi connectivity index (χ2n) is 19.3. The van der Waals surface area contributed by atoms with Gasteiger partial charge in [0.2, 0.25) is 0 Å². The molecule has 0 saturated heterocycles. The summed E-state index contributed by atoms with van der Waals surface area (Å²) < 4.78 is 102. The molecule has 5 unspecified atom stereocenters. The van der Waals surface area contributed by atoms with Crippen LogP contribution in [0.4, 0.5) is 35.1 Å². The molecule has 3 fully saturated rings. The molecule has 0 radical (unpaired) electrons. The Morgan fingerprint density at radius 2 is 0.703 bits per heavy atom. The number of aryl methyl sites for hydroxylation is 7. The lowest BCUT2D eigenvalue weighted by Gasteiger charge is -2.30. The van der Waals surface area contributed by atoms with Gasteiger partial charge in [-0.05, 0) is 157 Å². The Morgan fingerprint density at radius 1 is 0.359 bits per heavy atom. The van der Waals surface area contributed by atoms with Crippen molar-refractivity contribution in [2.75, 3.05) is 0 Å². The van der Waals surface area contributed by atoms with Crippen molar-refractivity contribution in [2.24, 2.45) is 35.5 Å². The molecule has 0 amide bonds. The number of benzene rings is 4. The van der Waals surface area contributed by atoms with E-state index in [1.54, 1.807) is 39.0 Å². The monoisotopic (exact) mass is 905 g/mol. The Balaban J connectivity index is 0.000000374. The van der Waals surface area contributed by atoms with Gasteiger partial charge < -0.3 is 0 Å². The highest BCUT2D eigenvalue weighted by molar-refractivity contribution is 5.25. The average Bonchev–Trinajstić information content (AvgIpc) is 3.23. The van der Waals surface area contributed by atoms with Crippen LogP contribution in [0.2, 0.25) is 0 Å². The summed E-state index contributed by atoms with van der Waals surface area (Å²) in [6.45, 7) is 26.4. The Morgan fingerprint density at radius 3 is 1.06 bits per heavy atom. The molecule has 4 aromatic rings. The molecule has 7 rings (SSSR count). The van der Waals surface area contributed by atoms with Gasteiger partial charge in [-0.1, -0.05) is 133 Å². The fraction of sp³-hybridized carbons (Fsp3) is 0.571. The normalized spacial score (nSPS) is 24.6. The first-order valence-electron chi connectivity index (χ1n) is 23.3. The number of alkyl halides is 3. The van der Waals surface area contributed by atoms with Gasteiger partial charge in [0, 0.05) is 11.5 Å². The minimum Gasteiger partial charge on any atom is -0.247 e. The summed E-state index contributed by atoms with van der Waals surface area (Å²) >= 11 is 0. The van der Waals surface area contributed by atoms with E-state index in [0.717, 1.165) is 30.2 Å². The predicted octanol–water partition coefficient (Wildman–Crippen LogP) is 18.3. The molecule has 5 atom stereocenters. The van der Waals surface area contributed by atoms with Gasteiger partial charge in [0.05, 0.1) is 0 Å². The Labute approximate surface area is 383 Å².